The quantitative estimate of drug-likeness (QED) is 0.419. The molecule has 3 fully saturated rings. The van der Waals surface area contributed by atoms with Gasteiger partial charge in [0, 0.05) is 6.54 Å². The molecule has 3 aliphatic rings. The average molecular weight is 543 g/mol. The van der Waals surface area contributed by atoms with Crippen LogP contribution in [0.4, 0.5) is 4.79 Å². The number of piperazine rings is 1. The van der Waals surface area contributed by atoms with Gasteiger partial charge in [0.15, 0.2) is 12.3 Å². The van der Waals surface area contributed by atoms with Crippen molar-refractivity contribution < 1.29 is 24.0 Å². The highest BCUT2D eigenvalue weighted by molar-refractivity contribution is 5.92. The van der Waals surface area contributed by atoms with Crippen molar-refractivity contribution in [1.82, 2.24) is 14.9 Å². The van der Waals surface area contributed by atoms with E-state index in [0.29, 0.717) is 44.7 Å². The lowest BCUT2D eigenvalue weighted by Gasteiger charge is -2.53. The number of unbranched alkanes of at least 4 members (excludes halogenated alkanes) is 1. The van der Waals surface area contributed by atoms with Crippen molar-refractivity contribution in [2.24, 2.45) is 11.7 Å². The lowest BCUT2D eigenvalue weighted by molar-refractivity contribution is -0.270. The minimum absolute atomic E-state index is 0.0684. The summed E-state index contributed by atoms with van der Waals surface area (Å²) in [5.74, 6) is 0.114. The molecule has 2 heterocycles. The largest absolute Gasteiger partial charge is 0.445 e. The van der Waals surface area contributed by atoms with Gasteiger partial charge >= 0.3 is 6.09 Å². The molecule has 0 radical (unpaired) electrons. The molecule has 0 aromatic heterocycles. The van der Waals surface area contributed by atoms with Gasteiger partial charge in [-0.1, -0.05) is 69.4 Å². The summed E-state index contributed by atoms with van der Waals surface area (Å²) < 4.78 is 5.69. The molecule has 0 unspecified atom stereocenters. The number of rotatable bonds is 11. The van der Waals surface area contributed by atoms with Crippen molar-refractivity contribution in [3.63, 3.8) is 0 Å². The van der Waals surface area contributed by atoms with Gasteiger partial charge in [-0.25, -0.2) is 4.79 Å². The highest BCUT2D eigenvalue weighted by Crippen LogP contribution is 2.35. The van der Waals surface area contributed by atoms with E-state index < -0.39 is 24.4 Å². The Kier molecular flexibility index (Phi) is 10.6. The molecule has 9 heteroatoms. The van der Waals surface area contributed by atoms with E-state index in [1.54, 1.807) is 9.80 Å². The SMILES string of the molecule is CC[C@H](C)OC(=O)N1O[C@@H](CC2CCCCC2)C(=O)N2[C@@H]1CN(CCc1ccccc1)C(=O)[C@@H]2CCCCN. The molecule has 2 N–H and O–H groups in total. The topological polar surface area (TPSA) is 105 Å². The van der Waals surface area contributed by atoms with Gasteiger partial charge in [-0.2, -0.15) is 5.06 Å². The Morgan fingerprint density at radius 2 is 1.85 bits per heavy atom. The van der Waals surface area contributed by atoms with Gasteiger partial charge in [0.2, 0.25) is 5.91 Å². The fourth-order valence-corrected chi connectivity index (χ4v) is 6.02. The lowest BCUT2D eigenvalue weighted by Crippen LogP contribution is -2.73. The summed E-state index contributed by atoms with van der Waals surface area (Å²) in [5, 5.41) is 1.26. The molecular weight excluding hydrogens is 496 g/mol. The fraction of sp³-hybridized carbons (Fsp3) is 0.700. The van der Waals surface area contributed by atoms with Crippen LogP contribution in [0, 0.1) is 5.92 Å². The zero-order valence-corrected chi connectivity index (χ0v) is 23.6. The number of nitrogens with zero attached hydrogens (tertiary/aromatic N) is 3. The Morgan fingerprint density at radius 3 is 2.54 bits per heavy atom. The van der Waals surface area contributed by atoms with E-state index >= 15 is 0 Å². The molecule has 3 amide bonds. The molecule has 2 aliphatic heterocycles. The first-order valence-corrected chi connectivity index (χ1v) is 14.9. The third-order valence-corrected chi connectivity index (χ3v) is 8.45. The van der Waals surface area contributed by atoms with E-state index in [2.05, 4.69) is 0 Å². The molecular formula is C30H46N4O5. The molecule has 1 aliphatic carbocycles. The first kappa shape index (κ1) is 29.3. The summed E-state index contributed by atoms with van der Waals surface area (Å²) in [5.41, 5.74) is 6.89. The predicted octanol–water partition coefficient (Wildman–Crippen LogP) is 4.24. The van der Waals surface area contributed by atoms with Gasteiger partial charge < -0.3 is 20.3 Å². The third kappa shape index (κ3) is 7.31. The highest BCUT2D eigenvalue weighted by Gasteiger charge is 2.53. The van der Waals surface area contributed by atoms with Gasteiger partial charge in [0.1, 0.15) is 12.1 Å². The molecule has 2 saturated heterocycles. The first-order valence-electron chi connectivity index (χ1n) is 14.9. The van der Waals surface area contributed by atoms with E-state index in [1.807, 2.05) is 44.2 Å². The maximum atomic E-state index is 14.0. The molecule has 216 valence electrons. The molecule has 1 saturated carbocycles. The maximum Gasteiger partial charge on any atom is 0.436 e. The minimum Gasteiger partial charge on any atom is -0.445 e. The Balaban J connectivity index is 1.61. The van der Waals surface area contributed by atoms with Crippen LogP contribution in [0.15, 0.2) is 30.3 Å². The van der Waals surface area contributed by atoms with Gasteiger partial charge in [-0.15, -0.1) is 0 Å². The van der Waals surface area contributed by atoms with Crippen molar-refractivity contribution in [3.05, 3.63) is 35.9 Å². The summed E-state index contributed by atoms with van der Waals surface area (Å²) in [6.45, 7) is 5.01. The number of nitrogens with two attached hydrogens (primary N) is 1. The smallest absolute Gasteiger partial charge is 0.436 e. The van der Waals surface area contributed by atoms with Gasteiger partial charge in [0.25, 0.3) is 5.91 Å². The Hall–Kier alpha value is -2.65. The normalized spacial score (nSPS) is 25.0. The Bertz CT molecular complexity index is 954. The van der Waals surface area contributed by atoms with Crippen molar-refractivity contribution >= 4 is 17.9 Å². The van der Waals surface area contributed by atoms with Crippen molar-refractivity contribution in [2.45, 2.75) is 109 Å². The number of amides is 3. The van der Waals surface area contributed by atoms with Gasteiger partial charge in [-0.05, 0) is 63.5 Å². The summed E-state index contributed by atoms with van der Waals surface area (Å²) >= 11 is 0. The van der Waals surface area contributed by atoms with Crippen molar-refractivity contribution in [1.29, 1.82) is 0 Å². The highest BCUT2D eigenvalue weighted by atomic mass is 16.7. The number of hydroxylamine groups is 2. The molecule has 1 aromatic rings. The third-order valence-electron chi connectivity index (χ3n) is 8.45. The van der Waals surface area contributed by atoms with Crippen LogP contribution in [0.1, 0.15) is 83.6 Å². The summed E-state index contributed by atoms with van der Waals surface area (Å²) in [6, 6.07) is 9.36. The fourth-order valence-electron chi connectivity index (χ4n) is 6.02. The second kappa shape index (κ2) is 14.1. The number of carbonyl (C=O) groups excluding carboxylic acids is 3. The summed E-state index contributed by atoms with van der Waals surface area (Å²) in [4.78, 5) is 50.9. The monoisotopic (exact) mass is 542 g/mol. The van der Waals surface area contributed by atoms with Gasteiger partial charge in [-0.3, -0.25) is 14.4 Å². The number of ether oxygens (including phenoxy) is 1. The number of hydrogen-bond acceptors (Lipinski definition) is 6. The summed E-state index contributed by atoms with van der Waals surface area (Å²) in [7, 11) is 0. The molecule has 4 atom stereocenters. The number of fused-ring (bicyclic) bond motifs is 1. The van der Waals surface area contributed by atoms with E-state index in [0.717, 1.165) is 44.1 Å². The van der Waals surface area contributed by atoms with Crippen LogP contribution in [-0.2, 0) is 25.6 Å². The minimum atomic E-state index is -0.797. The maximum absolute atomic E-state index is 14.0. The molecule has 0 spiro atoms. The predicted molar refractivity (Wildman–Crippen MR) is 148 cm³/mol. The number of carbonyl (C=O) groups is 3. The molecule has 4 rings (SSSR count). The second-order valence-electron chi connectivity index (χ2n) is 11.3. The van der Waals surface area contributed by atoms with Crippen LogP contribution in [0.25, 0.3) is 0 Å². The Morgan fingerprint density at radius 1 is 1.10 bits per heavy atom. The van der Waals surface area contributed by atoms with E-state index in [1.165, 1.54) is 11.5 Å². The number of hydrogen-bond donors (Lipinski definition) is 1. The van der Waals surface area contributed by atoms with Crippen LogP contribution in [0.3, 0.4) is 0 Å². The summed E-state index contributed by atoms with van der Waals surface area (Å²) in [6.07, 6.45) is 7.11. The van der Waals surface area contributed by atoms with Crippen LogP contribution in [-0.4, -0.2) is 76.8 Å². The first-order chi connectivity index (χ1) is 18.9. The zero-order chi connectivity index (χ0) is 27.8. The van der Waals surface area contributed by atoms with E-state index in [4.69, 9.17) is 15.3 Å². The molecule has 9 nitrogen and oxygen atoms in total. The van der Waals surface area contributed by atoms with Crippen molar-refractivity contribution in [2.75, 3.05) is 19.6 Å². The van der Waals surface area contributed by atoms with Crippen LogP contribution in [0.5, 0.6) is 0 Å². The lowest BCUT2D eigenvalue weighted by atomic mass is 9.85. The average Bonchev–Trinajstić information content (AvgIpc) is 2.95. The van der Waals surface area contributed by atoms with Crippen LogP contribution >= 0.6 is 0 Å². The molecule has 0 bridgehead atoms. The van der Waals surface area contributed by atoms with Crippen LogP contribution < -0.4 is 5.73 Å². The number of benzene rings is 1. The zero-order valence-electron chi connectivity index (χ0n) is 23.6. The second-order valence-corrected chi connectivity index (χ2v) is 11.3. The van der Waals surface area contributed by atoms with E-state index in [9.17, 15) is 14.4 Å². The van der Waals surface area contributed by atoms with Gasteiger partial charge in [0.05, 0.1) is 6.54 Å². The van der Waals surface area contributed by atoms with E-state index in [-0.39, 0.29) is 24.5 Å². The molecule has 1 aromatic carbocycles. The van der Waals surface area contributed by atoms with Crippen LogP contribution in [0.2, 0.25) is 0 Å². The van der Waals surface area contributed by atoms with Crippen molar-refractivity contribution in [3.8, 4) is 0 Å². The molecule has 39 heavy (non-hydrogen) atoms. The Labute approximate surface area is 232 Å². The standard InChI is InChI=1S/C30H46N4O5/c1-3-22(2)38-30(37)34-27-21-32(19-17-23-12-6-4-7-13-23)28(35)25(16-10-11-18-31)33(27)29(36)26(39-34)20-24-14-8-5-9-15-24/h4,6-7,12-13,22,24-27H,3,5,8-11,14-21,31H2,1-2H3/t22-,25-,26-,27-/m0/s1.